The second kappa shape index (κ2) is 5.84. The maximum absolute atomic E-state index is 5.65. The Morgan fingerprint density at radius 3 is 2.53 bits per heavy atom. The van der Waals surface area contributed by atoms with Gasteiger partial charge in [0.15, 0.2) is 0 Å². The Hall–Kier alpha value is -1.88. The van der Waals surface area contributed by atoms with Crippen molar-refractivity contribution in [2.24, 2.45) is 0 Å². The molecule has 0 bridgehead atoms. The quantitative estimate of drug-likeness (QED) is 0.895. The van der Waals surface area contributed by atoms with E-state index in [9.17, 15) is 0 Å². The number of hydrogen-bond donors (Lipinski definition) is 1. The summed E-state index contributed by atoms with van der Waals surface area (Å²) in [7, 11) is 3.78. The SMILES string of the molecule is CCc1ccc(N(C)c2nnc(C(C)NC)o2)cc1. The number of nitrogens with zero attached hydrogens (tertiary/aromatic N) is 3. The molecule has 2 aromatic rings. The zero-order valence-corrected chi connectivity index (χ0v) is 11.8. The maximum Gasteiger partial charge on any atom is 0.322 e. The summed E-state index contributed by atoms with van der Waals surface area (Å²) in [5.74, 6) is 0.592. The van der Waals surface area contributed by atoms with Crippen LogP contribution in [0.25, 0.3) is 0 Å². The van der Waals surface area contributed by atoms with Crippen molar-refractivity contribution < 1.29 is 4.42 Å². The van der Waals surface area contributed by atoms with Gasteiger partial charge in [-0.25, -0.2) is 0 Å². The van der Waals surface area contributed by atoms with Crippen molar-refractivity contribution in [3.63, 3.8) is 0 Å². The monoisotopic (exact) mass is 260 g/mol. The third-order valence-corrected chi connectivity index (χ3v) is 3.25. The summed E-state index contributed by atoms with van der Waals surface area (Å²) in [5, 5.41) is 11.2. The fourth-order valence-electron chi connectivity index (χ4n) is 1.73. The molecule has 0 saturated heterocycles. The molecular weight excluding hydrogens is 240 g/mol. The molecule has 1 heterocycles. The molecule has 1 atom stereocenters. The Balaban J connectivity index is 2.18. The third kappa shape index (κ3) is 2.93. The molecule has 0 saturated carbocycles. The van der Waals surface area contributed by atoms with Crippen LogP contribution in [-0.2, 0) is 6.42 Å². The summed E-state index contributed by atoms with van der Waals surface area (Å²) in [4.78, 5) is 1.89. The zero-order valence-electron chi connectivity index (χ0n) is 11.8. The molecule has 5 nitrogen and oxygen atoms in total. The minimum absolute atomic E-state index is 0.0529. The first kappa shape index (κ1) is 13.5. The first-order valence-corrected chi connectivity index (χ1v) is 6.49. The van der Waals surface area contributed by atoms with Gasteiger partial charge in [0.1, 0.15) is 0 Å². The van der Waals surface area contributed by atoms with E-state index in [1.54, 1.807) is 0 Å². The summed E-state index contributed by atoms with van der Waals surface area (Å²) in [6.07, 6.45) is 1.04. The average molecular weight is 260 g/mol. The van der Waals surface area contributed by atoms with Crippen molar-refractivity contribution >= 4 is 11.7 Å². The Bertz CT molecular complexity index is 520. The van der Waals surface area contributed by atoms with Crippen LogP contribution in [-0.4, -0.2) is 24.3 Å². The highest BCUT2D eigenvalue weighted by molar-refractivity contribution is 5.55. The van der Waals surface area contributed by atoms with Crippen LogP contribution in [0.15, 0.2) is 28.7 Å². The molecule has 0 aliphatic rings. The maximum atomic E-state index is 5.65. The van der Waals surface area contributed by atoms with Crippen LogP contribution in [0, 0.1) is 0 Å². The zero-order chi connectivity index (χ0) is 13.8. The van der Waals surface area contributed by atoms with E-state index < -0.39 is 0 Å². The van der Waals surface area contributed by atoms with Crippen LogP contribution in [0.2, 0.25) is 0 Å². The second-order valence-corrected chi connectivity index (χ2v) is 4.51. The molecule has 2 rings (SSSR count). The number of benzene rings is 1. The molecule has 102 valence electrons. The summed E-state index contributed by atoms with van der Waals surface area (Å²) in [6.45, 7) is 4.12. The van der Waals surface area contributed by atoms with Gasteiger partial charge in [-0.2, -0.15) is 0 Å². The lowest BCUT2D eigenvalue weighted by molar-refractivity contribution is 0.437. The topological polar surface area (TPSA) is 54.2 Å². The van der Waals surface area contributed by atoms with Gasteiger partial charge in [-0.1, -0.05) is 24.2 Å². The van der Waals surface area contributed by atoms with Crippen LogP contribution in [0.4, 0.5) is 11.7 Å². The highest BCUT2D eigenvalue weighted by atomic mass is 16.4. The van der Waals surface area contributed by atoms with Crippen LogP contribution in [0.3, 0.4) is 0 Å². The van der Waals surface area contributed by atoms with Gasteiger partial charge in [0, 0.05) is 12.7 Å². The molecule has 0 aliphatic carbocycles. The molecule has 0 radical (unpaired) electrons. The van der Waals surface area contributed by atoms with Crippen molar-refractivity contribution in [2.75, 3.05) is 19.0 Å². The van der Waals surface area contributed by atoms with Gasteiger partial charge in [0.05, 0.1) is 6.04 Å². The predicted molar refractivity (Wildman–Crippen MR) is 75.7 cm³/mol. The lowest BCUT2D eigenvalue weighted by atomic mass is 10.1. The fraction of sp³-hybridized carbons (Fsp3) is 0.429. The summed E-state index contributed by atoms with van der Waals surface area (Å²) in [5.41, 5.74) is 2.34. The van der Waals surface area contributed by atoms with Crippen molar-refractivity contribution in [1.82, 2.24) is 15.5 Å². The van der Waals surface area contributed by atoms with Gasteiger partial charge in [-0.3, -0.25) is 4.90 Å². The standard InChI is InChI=1S/C14H20N4O/c1-5-11-6-8-12(9-7-11)18(4)14-17-16-13(19-14)10(2)15-3/h6-10,15H,5H2,1-4H3. The van der Waals surface area contributed by atoms with Crippen molar-refractivity contribution in [3.8, 4) is 0 Å². The van der Waals surface area contributed by atoms with E-state index >= 15 is 0 Å². The number of aryl methyl sites for hydroxylation is 1. The van der Waals surface area contributed by atoms with E-state index in [0.717, 1.165) is 12.1 Å². The van der Waals surface area contributed by atoms with E-state index in [1.165, 1.54) is 5.56 Å². The predicted octanol–water partition coefficient (Wildman–Crippen LogP) is 2.68. The Morgan fingerprint density at radius 2 is 1.95 bits per heavy atom. The number of rotatable bonds is 5. The van der Waals surface area contributed by atoms with Gasteiger partial charge in [0.2, 0.25) is 5.89 Å². The Morgan fingerprint density at radius 1 is 1.26 bits per heavy atom. The lowest BCUT2D eigenvalue weighted by Gasteiger charge is -2.14. The van der Waals surface area contributed by atoms with E-state index in [4.69, 9.17) is 4.42 Å². The normalized spacial score (nSPS) is 12.4. The van der Waals surface area contributed by atoms with Crippen molar-refractivity contribution in [2.45, 2.75) is 26.3 Å². The summed E-state index contributed by atoms with van der Waals surface area (Å²) in [6, 6.07) is 8.89. The van der Waals surface area contributed by atoms with Gasteiger partial charge >= 0.3 is 6.01 Å². The van der Waals surface area contributed by atoms with Gasteiger partial charge in [-0.15, -0.1) is 5.10 Å². The van der Waals surface area contributed by atoms with Crippen LogP contribution < -0.4 is 10.2 Å². The molecular formula is C14H20N4O. The van der Waals surface area contributed by atoms with Crippen LogP contribution in [0.5, 0.6) is 0 Å². The Labute approximate surface area is 113 Å². The molecule has 1 N–H and O–H groups in total. The molecule has 19 heavy (non-hydrogen) atoms. The lowest BCUT2D eigenvalue weighted by Crippen LogP contribution is -2.12. The molecule has 1 unspecified atom stereocenters. The fourth-order valence-corrected chi connectivity index (χ4v) is 1.73. The minimum Gasteiger partial charge on any atom is -0.406 e. The highest BCUT2D eigenvalue weighted by Gasteiger charge is 2.15. The molecule has 0 aliphatic heterocycles. The number of aromatic nitrogens is 2. The minimum atomic E-state index is 0.0529. The molecule has 1 aromatic heterocycles. The van der Waals surface area contributed by atoms with E-state index in [0.29, 0.717) is 11.9 Å². The summed E-state index contributed by atoms with van der Waals surface area (Å²) >= 11 is 0. The summed E-state index contributed by atoms with van der Waals surface area (Å²) < 4.78 is 5.65. The van der Waals surface area contributed by atoms with E-state index in [-0.39, 0.29) is 6.04 Å². The molecule has 5 heteroatoms. The average Bonchev–Trinajstić information content (AvgIpc) is 2.95. The molecule has 0 amide bonds. The number of hydrogen-bond acceptors (Lipinski definition) is 5. The smallest absolute Gasteiger partial charge is 0.322 e. The van der Waals surface area contributed by atoms with Gasteiger partial charge < -0.3 is 9.73 Å². The van der Waals surface area contributed by atoms with Crippen LogP contribution in [0.1, 0.15) is 31.3 Å². The third-order valence-electron chi connectivity index (χ3n) is 3.25. The molecule has 0 fully saturated rings. The van der Waals surface area contributed by atoms with Gasteiger partial charge in [0.25, 0.3) is 0 Å². The molecule has 0 spiro atoms. The van der Waals surface area contributed by atoms with Crippen molar-refractivity contribution in [1.29, 1.82) is 0 Å². The number of anilines is 2. The second-order valence-electron chi connectivity index (χ2n) is 4.51. The van der Waals surface area contributed by atoms with Crippen molar-refractivity contribution in [3.05, 3.63) is 35.7 Å². The van der Waals surface area contributed by atoms with Gasteiger partial charge in [-0.05, 0) is 38.1 Å². The number of nitrogens with one attached hydrogen (secondary N) is 1. The molecule has 1 aromatic carbocycles. The largest absolute Gasteiger partial charge is 0.406 e. The van der Waals surface area contributed by atoms with E-state index in [1.807, 2.05) is 25.9 Å². The first-order valence-electron chi connectivity index (χ1n) is 6.49. The van der Waals surface area contributed by atoms with Crippen LogP contribution >= 0.6 is 0 Å². The Kier molecular flexibility index (Phi) is 4.16. The van der Waals surface area contributed by atoms with E-state index in [2.05, 4.69) is 46.7 Å². The first-order chi connectivity index (χ1) is 9.15. The highest BCUT2D eigenvalue weighted by Crippen LogP contribution is 2.24.